The zero-order valence-electron chi connectivity index (χ0n) is 7.80. The Hall–Kier alpha value is -0.0500. The molecule has 92 valence electrons. The van der Waals surface area contributed by atoms with Gasteiger partial charge in [-0.15, -0.1) is 0 Å². The molecule has 0 heterocycles. The molecule has 0 bridgehead atoms. The fourth-order valence-corrected chi connectivity index (χ4v) is 1.18. The molecule has 9 heteroatoms. The van der Waals surface area contributed by atoms with Crippen molar-refractivity contribution in [3.63, 3.8) is 0 Å². The van der Waals surface area contributed by atoms with Crippen molar-refractivity contribution in [1.82, 2.24) is 0 Å². The van der Waals surface area contributed by atoms with Gasteiger partial charge in [0.2, 0.25) is 0 Å². The summed E-state index contributed by atoms with van der Waals surface area (Å²) in [5.41, 5.74) is 0. The normalized spacial score (nSPS) is 18.5. The Morgan fingerprint density at radius 3 is 2.07 bits per heavy atom. The molecule has 0 saturated carbocycles. The number of phosphoric acid groups is 1. The van der Waals surface area contributed by atoms with Gasteiger partial charge in [-0.2, -0.15) is 0 Å². The minimum absolute atomic E-state index is 0.159. The van der Waals surface area contributed by atoms with Crippen molar-refractivity contribution in [2.24, 2.45) is 0 Å². The number of rotatable bonds is 7. The summed E-state index contributed by atoms with van der Waals surface area (Å²) in [5.74, 6) is 0. The highest BCUT2D eigenvalue weighted by Gasteiger charge is 2.27. The Balaban J connectivity index is 3.98. The van der Waals surface area contributed by atoms with Crippen LogP contribution in [-0.4, -0.2) is 61.7 Å². The number of phosphoric ester groups is 1. The lowest BCUT2D eigenvalue weighted by Gasteiger charge is -2.22. The average Bonchev–Trinajstić information content (AvgIpc) is 2.12. The van der Waals surface area contributed by atoms with E-state index in [1.54, 1.807) is 0 Å². The van der Waals surface area contributed by atoms with E-state index in [4.69, 9.17) is 25.1 Å². The van der Waals surface area contributed by atoms with Crippen LogP contribution in [0.15, 0.2) is 0 Å². The fourth-order valence-electron chi connectivity index (χ4n) is 0.832. The Labute approximate surface area is 86.0 Å². The lowest BCUT2D eigenvalue weighted by atomic mass is 10.1. The minimum Gasteiger partial charge on any atom is -0.396 e. The van der Waals surface area contributed by atoms with E-state index < -0.39 is 32.7 Å². The van der Waals surface area contributed by atoms with Crippen LogP contribution in [0, 0.1) is 0 Å². The molecule has 0 unspecified atom stereocenters. The summed E-state index contributed by atoms with van der Waals surface area (Å²) >= 11 is 0. The molecule has 0 aromatic rings. The molecule has 0 amide bonds. The zero-order chi connectivity index (χ0) is 12.1. The predicted molar refractivity (Wildman–Crippen MR) is 47.7 cm³/mol. The Kier molecular flexibility index (Phi) is 6.49. The van der Waals surface area contributed by atoms with Gasteiger partial charge in [0.05, 0.1) is 12.7 Å². The first kappa shape index (κ1) is 14.9. The SMILES string of the molecule is O=P(O)(O)OC[C@H](O)[C@H](O)[C@H](O)CCO. The highest BCUT2D eigenvalue weighted by atomic mass is 31.2. The molecule has 0 aliphatic carbocycles. The molecular weight excluding hydrogens is 231 g/mol. The first-order valence-corrected chi connectivity index (χ1v) is 5.66. The molecule has 3 atom stereocenters. The van der Waals surface area contributed by atoms with Crippen molar-refractivity contribution < 1.29 is 39.3 Å². The minimum atomic E-state index is -4.71. The smallest absolute Gasteiger partial charge is 0.396 e. The van der Waals surface area contributed by atoms with E-state index in [9.17, 15) is 9.67 Å². The van der Waals surface area contributed by atoms with Crippen LogP contribution >= 0.6 is 7.82 Å². The van der Waals surface area contributed by atoms with Gasteiger partial charge >= 0.3 is 7.82 Å². The van der Waals surface area contributed by atoms with E-state index in [1.807, 2.05) is 0 Å². The van der Waals surface area contributed by atoms with Crippen LogP contribution in [0.3, 0.4) is 0 Å². The van der Waals surface area contributed by atoms with Crippen molar-refractivity contribution in [2.45, 2.75) is 24.7 Å². The first-order chi connectivity index (χ1) is 6.78. The van der Waals surface area contributed by atoms with Gasteiger partial charge in [-0.3, -0.25) is 4.52 Å². The maximum atomic E-state index is 10.2. The van der Waals surface area contributed by atoms with Crippen molar-refractivity contribution >= 4 is 7.82 Å². The Morgan fingerprint density at radius 2 is 1.67 bits per heavy atom. The van der Waals surface area contributed by atoms with Gasteiger partial charge < -0.3 is 30.2 Å². The maximum Gasteiger partial charge on any atom is 0.469 e. The average molecular weight is 246 g/mol. The molecule has 6 N–H and O–H groups in total. The number of hydrogen-bond donors (Lipinski definition) is 6. The number of aliphatic hydroxyl groups is 4. The maximum absolute atomic E-state index is 10.2. The molecule has 0 aliphatic heterocycles. The quantitative estimate of drug-likeness (QED) is 0.271. The molecular formula is C6H15O8P. The van der Waals surface area contributed by atoms with E-state index in [2.05, 4.69) is 4.52 Å². The zero-order valence-corrected chi connectivity index (χ0v) is 8.69. The van der Waals surface area contributed by atoms with Crippen LogP contribution in [0.1, 0.15) is 6.42 Å². The topological polar surface area (TPSA) is 148 Å². The van der Waals surface area contributed by atoms with E-state index in [1.165, 1.54) is 0 Å². The van der Waals surface area contributed by atoms with Crippen LogP contribution < -0.4 is 0 Å². The lowest BCUT2D eigenvalue weighted by Crippen LogP contribution is -2.40. The number of hydrogen-bond acceptors (Lipinski definition) is 6. The third-order valence-corrected chi connectivity index (χ3v) is 2.11. The molecule has 15 heavy (non-hydrogen) atoms. The molecule has 0 aromatic carbocycles. The highest BCUT2D eigenvalue weighted by molar-refractivity contribution is 7.46. The predicted octanol–water partition coefficient (Wildman–Crippen LogP) is -2.44. The van der Waals surface area contributed by atoms with E-state index in [-0.39, 0.29) is 13.0 Å². The van der Waals surface area contributed by atoms with E-state index in [0.717, 1.165) is 0 Å². The van der Waals surface area contributed by atoms with Gasteiger partial charge in [0, 0.05) is 6.61 Å². The van der Waals surface area contributed by atoms with Gasteiger partial charge in [-0.1, -0.05) is 0 Å². The van der Waals surface area contributed by atoms with Gasteiger partial charge in [0.15, 0.2) is 0 Å². The second-order valence-corrected chi connectivity index (χ2v) is 4.16. The van der Waals surface area contributed by atoms with E-state index in [0.29, 0.717) is 0 Å². The second kappa shape index (κ2) is 6.51. The summed E-state index contributed by atoms with van der Waals surface area (Å²) in [4.78, 5) is 16.6. The Morgan fingerprint density at radius 1 is 1.13 bits per heavy atom. The summed E-state index contributed by atoms with van der Waals surface area (Å²) in [6.45, 7) is -1.20. The van der Waals surface area contributed by atoms with Crippen molar-refractivity contribution in [3.8, 4) is 0 Å². The summed E-state index contributed by atoms with van der Waals surface area (Å²) in [5, 5.41) is 35.8. The molecule has 0 rings (SSSR count). The molecule has 0 aromatic heterocycles. The second-order valence-electron chi connectivity index (χ2n) is 2.92. The van der Waals surface area contributed by atoms with E-state index >= 15 is 0 Å². The highest BCUT2D eigenvalue weighted by Crippen LogP contribution is 2.35. The van der Waals surface area contributed by atoms with Crippen molar-refractivity contribution in [3.05, 3.63) is 0 Å². The first-order valence-electron chi connectivity index (χ1n) is 4.13. The van der Waals surface area contributed by atoms with Gasteiger partial charge in [0.1, 0.15) is 12.2 Å². The van der Waals surface area contributed by atoms with Gasteiger partial charge in [-0.25, -0.2) is 4.57 Å². The monoisotopic (exact) mass is 246 g/mol. The number of aliphatic hydroxyl groups excluding tert-OH is 4. The summed E-state index contributed by atoms with van der Waals surface area (Å²) in [7, 11) is -4.71. The van der Waals surface area contributed by atoms with Crippen LogP contribution in [0.2, 0.25) is 0 Å². The van der Waals surface area contributed by atoms with Crippen LogP contribution in [0.5, 0.6) is 0 Å². The molecule has 8 nitrogen and oxygen atoms in total. The standard InChI is InChI=1S/C6H15O8P/c7-2-1-4(8)6(10)5(9)3-14-15(11,12)13/h4-10H,1-3H2,(H2,11,12,13)/t4-,5+,6-/m1/s1. The van der Waals surface area contributed by atoms with Crippen molar-refractivity contribution in [2.75, 3.05) is 13.2 Å². The van der Waals surface area contributed by atoms with Crippen LogP contribution in [-0.2, 0) is 9.09 Å². The van der Waals surface area contributed by atoms with Crippen LogP contribution in [0.25, 0.3) is 0 Å². The third kappa shape index (κ3) is 6.93. The third-order valence-electron chi connectivity index (χ3n) is 1.63. The largest absolute Gasteiger partial charge is 0.469 e. The lowest BCUT2D eigenvalue weighted by molar-refractivity contribution is -0.0804. The van der Waals surface area contributed by atoms with Crippen LogP contribution in [0.4, 0.5) is 0 Å². The summed E-state index contributed by atoms with van der Waals surface area (Å²) < 4.78 is 14.2. The fraction of sp³-hybridized carbons (Fsp3) is 1.00. The summed E-state index contributed by atoms with van der Waals surface area (Å²) in [6.07, 6.45) is -4.82. The molecule has 0 fully saturated rings. The van der Waals surface area contributed by atoms with Gasteiger partial charge in [-0.05, 0) is 6.42 Å². The molecule has 0 spiro atoms. The molecule has 0 radical (unpaired) electrons. The molecule has 0 saturated heterocycles. The molecule has 0 aliphatic rings. The van der Waals surface area contributed by atoms with Gasteiger partial charge in [0.25, 0.3) is 0 Å². The Bertz CT molecular complexity index is 215. The van der Waals surface area contributed by atoms with Crippen molar-refractivity contribution in [1.29, 1.82) is 0 Å². The summed E-state index contributed by atoms with van der Waals surface area (Å²) in [6, 6.07) is 0.